The molecule has 164 valence electrons. The molecular weight excluding hydrogens is 489 g/mol. The van der Waals surface area contributed by atoms with Gasteiger partial charge in [0.1, 0.15) is 4.90 Å². The van der Waals surface area contributed by atoms with E-state index < -0.39 is 16.0 Å². The normalized spacial score (nSPS) is 15.2. The Kier molecular flexibility index (Phi) is 6.60. The molecule has 3 heterocycles. The van der Waals surface area contributed by atoms with Crippen LogP contribution in [-0.2, 0) is 26.1 Å². The molecule has 13 heteroatoms. The first kappa shape index (κ1) is 22.2. The Morgan fingerprint density at radius 2 is 1.97 bits per heavy atom. The highest BCUT2D eigenvalue weighted by molar-refractivity contribution is 7.89. The van der Waals surface area contributed by atoms with Crippen LogP contribution in [0, 0.1) is 0 Å². The second-order valence-corrected chi connectivity index (χ2v) is 10.0. The highest BCUT2D eigenvalue weighted by atomic mass is 35.5. The van der Waals surface area contributed by atoms with E-state index in [0.717, 1.165) is 10.9 Å². The number of aromatic nitrogens is 2. The van der Waals surface area contributed by atoms with Gasteiger partial charge in [-0.1, -0.05) is 29.3 Å². The molecule has 0 bridgehead atoms. The molecule has 9 nitrogen and oxygen atoms in total. The molecule has 1 aliphatic heterocycles. The van der Waals surface area contributed by atoms with E-state index in [9.17, 15) is 13.2 Å². The minimum absolute atomic E-state index is 0.0410. The topological polar surface area (TPSA) is 112 Å². The van der Waals surface area contributed by atoms with Crippen molar-refractivity contribution in [3.05, 3.63) is 51.1 Å². The van der Waals surface area contributed by atoms with Gasteiger partial charge in [-0.2, -0.15) is 4.31 Å². The number of hydrogen-bond donors (Lipinski definition) is 0. The minimum atomic E-state index is -3.94. The van der Waals surface area contributed by atoms with Crippen LogP contribution in [0.1, 0.15) is 16.2 Å². The maximum absolute atomic E-state index is 12.9. The Bertz CT molecular complexity index is 1190. The minimum Gasteiger partial charge on any atom is -0.452 e. The summed E-state index contributed by atoms with van der Waals surface area (Å²) in [6.07, 6.45) is 0. The Labute approximate surface area is 191 Å². The molecule has 4 rings (SSSR count). The van der Waals surface area contributed by atoms with Gasteiger partial charge in [-0.25, -0.2) is 13.2 Å². The van der Waals surface area contributed by atoms with Crippen LogP contribution in [0.25, 0.3) is 10.8 Å². The van der Waals surface area contributed by atoms with Crippen LogP contribution in [0.4, 0.5) is 0 Å². The Balaban J connectivity index is 1.52. The van der Waals surface area contributed by atoms with Crippen molar-refractivity contribution in [2.75, 3.05) is 26.3 Å². The maximum Gasteiger partial charge on any atom is 0.340 e. The highest BCUT2D eigenvalue weighted by Crippen LogP contribution is 2.31. The van der Waals surface area contributed by atoms with Gasteiger partial charge in [0.05, 0.1) is 33.7 Å². The first-order chi connectivity index (χ1) is 14.9. The van der Waals surface area contributed by atoms with E-state index in [4.69, 9.17) is 37.1 Å². The number of halogens is 2. The number of ether oxygens (including phenoxy) is 2. The summed E-state index contributed by atoms with van der Waals surface area (Å²) < 4.78 is 43.0. The molecule has 0 saturated carbocycles. The SMILES string of the molecule is O=C(OCc1nnc(-c2cccs2)o1)c1cc(S(=O)(=O)N2CCOCC2)c(Cl)cc1Cl. The van der Waals surface area contributed by atoms with Crippen molar-refractivity contribution in [2.24, 2.45) is 0 Å². The maximum atomic E-state index is 12.9. The molecule has 0 unspecified atom stereocenters. The van der Waals surface area contributed by atoms with Crippen LogP contribution in [0.15, 0.2) is 39.0 Å². The van der Waals surface area contributed by atoms with Crippen molar-refractivity contribution in [1.82, 2.24) is 14.5 Å². The molecule has 0 N–H and O–H groups in total. The molecule has 1 saturated heterocycles. The lowest BCUT2D eigenvalue weighted by atomic mass is 10.2. The van der Waals surface area contributed by atoms with E-state index in [2.05, 4.69) is 10.2 Å². The molecule has 1 fully saturated rings. The number of morpholine rings is 1. The van der Waals surface area contributed by atoms with E-state index >= 15 is 0 Å². The molecule has 0 atom stereocenters. The zero-order chi connectivity index (χ0) is 22.0. The van der Waals surface area contributed by atoms with Crippen molar-refractivity contribution >= 4 is 50.5 Å². The van der Waals surface area contributed by atoms with E-state index in [1.165, 1.54) is 21.7 Å². The van der Waals surface area contributed by atoms with Gasteiger partial charge in [-0.05, 0) is 23.6 Å². The van der Waals surface area contributed by atoms with Crippen molar-refractivity contribution in [3.8, 4) is 10.8 Å². The van der Waals surface area contributed by atoms with Gasteiger partial charge in [-0.3, -0.25) is 0 Å². The number of carbonyl (C=O) groups is 1. The van der Waals surface area contributed by atoms with Crippen LogP contribution >= 0.6 is 34.5 Å². The number of thiophene rings is 1. The first-order valence-corrected chi connectivity index (χ1v) is 12.0. The first-order valence-electron chi connectivity index (χ1n) is 8.96. The monoisotopic (exact) mass is 503 g/mol. The lowest BCUT2D eigenvalue weighted by molar-refractivity contribution is 0.0438. The van der Waals surface area contributed by atoms with Crippen molar-refractivity contribution in [2.45, 2.75) is 11.5 Å². The third-order valence-electron chi connectivity index (χ3n) is 4.35. The third kappa shape index (κ3) is 4.76. The zero-order valence-corrected chi connectivity index (χ0v) is 18.9. The van der Waals surface area contributed by atoms with Crippen LogP contribution in [0.5, 0.6) is 0 Å². The second-order valence-electron chi connectivity index (χ2n) is 6.33. The summed E-state index contributed by atoms with van der Waals surface area (Å²) >= 11 is 13.7. The molecule has 3 aromatic rings. The molecule has 0 spiro atoms. The van der Waals surface area contributed by atoms with Crippen molar-refractivity contribution in [3.63, 3.8) is 0 Å². The van der Waals surface area contributed by atoms with Gasteiger partial charge in [-0.15, -0.1) is 21.5 Å². The molecule has 31 heavy (non-hydrogen) atoms. The smallest absolute Gasteiger partial charge is 0.340 e. The summed E-state index contributed by atoms with van der Waals surface area (Å²) in [6.45, 7) is 0.616. The zero-order valence-electron chi connectivity index (χ0n) is 15.8. The van der Waals surface area contributed by atoms with E-state index in [1.807, 2.05) is 17.5 Å². The summed E-state index contributed by atoms with van der Waals surface area (Å²) in [4.78, 5) is 13.1. The van der Waals surface area contributed by atoms with E-state index in [0.29, 0.717) is 5.89 Å². The Morgan fingerprint density at radius 1 is 1.19 bits per heavy atom. The molecule has 0 amide bonds. The summed E-state index contributed by atoms with van der Waals surface area (Å²) in [5.74, 6) is -0.455. The third-order valence-corrected chi connectivity index (χ3v) is 7.89. The number of sulfonamides is 1. The van der Waals surface area contributed by atoms with Gasteiger partial charge in [0.2, 0.25) is 10.0 Å². The standard InChI is InChI=1S/C18H15Cl2N3O6S2/c19-12-9-13(20)15(31(25,26)23-3-5-27-6-4-23)8-11(12)18(24)28-10-16-21-22-17(29-16)14-2-1-7-30-14/h1-2,7-9H,3-6,10H2. The van der Waals surface area contributed by atoms with Gasteiger partial charge >= 0.3 is 5.97 Å². The van der Waals surface area contributed by atoms with Crippen molar-refractivity contribution in [1.29, 1.82) is 0 Å². The fourth-order valence-corrected chi connectivity index (χ4v) is 5.70. The number of esters is 1. The average molecular weight is 504 g/mol. The fourth-order valence-electron chi connectivity index (χ4n) is 2.83. The second kappa shape index (κ2) is 9.23. The summed E-state index contributed by atoms with van der Waals surface area (Å²) in [5.41, 5.74) is -0.143. The van der Waals surface area contributed by atoms with Crippen LogP contribution in [0.3, 0.4) is 0 Å². The lowest BCUT2D eigenvalue weighted by Crippen LogP contribution is -2.40. The lowest BCUT2D eigenvalue weighted by Gasteiger charge is -2.26. The quantitative estimate of drug-likeness (QED) is 0.469. The molecule has 1 aromatic carbocycles. The summed E-state index contributed by atoms with van der Waals surface area (Å²) in [5, 5.41) is 9.47. The summed E-state index contributed by atoms with van der Waals surface area (Å²) in [6, 6.07) is 5.98. The van der Waals surface area contributed by atoms with Gasteiger partial charge in [0, 0.05) is 13.1 Å². The number of hydrogen-bond acceptors (Lipinski definition) is 9. The molecule has 0 aliphatic carbocycles. The van der Waals surface area contributed by atoms with Crippen LogP contribution < -0.4 is 0 Å². The molecular formula is C18H15Cl2N3O6S2. The van der Waals surface area contributed by atoms with Gasteiger partial charge in [0.15, 0.2) is 6.61 Å². The number of carbonyl (C=O) groups excluding carboxylic acids is 1. The van der Waals surface area contributed by atoms with Crippen LogP contribution in [0.2, 0.25) is 10.0 Å². The molecule has 2 aromatic heterocycles. The highest BCUT2D eigenvalue weighted by Gasteiger charge is 2.30. The predicted octanol–water partition coefficient (Wildman–Crippen LogP) is 3.48. The predicted molar refractivity (Wildman–Crippen MR) is 113 cm³/mol. The van der Waals surface area contributed by atoms with Crippen molar-refractivity contribution < 1.29 is 27.1 Å². The van der Waals surface area contributed by atoms with E-state index in [1.54, 1.807) is 0 Å². The van der Waals surface area contributed by atoms with E-state index in [-0.39, 0.29) is 59.3 Å². The fraction of sp³-hybridized carbons (Fsp3) is 0.278. The number of nitrogens with zero attached hydrogens (tertiary/aromatic N) is 3. The van der Waals surface area contributed by atoms with Gasteiger partial charge < -0.3 is 13.9 Å². The Morgan fingerprint density at radius 3 is 2.68 bits per heavy atom. The number of benzene rings is 1. The molecule has 0 radical (unpaired) electrons. The molecule has 1 aliphatic rings. The number of rotatable bonds is 6. The summed E-state index contributed by atoms with van der Waals surface area (Å²) in [7, 11) is -3.94. The Hall–Kier alpha value is -2.02. The average Bonchev–Trinajstić information content (AvgIpc) is 3.44. The van der Waals surface area contributed by atoms with Crippen LogP contribution in [-0.4, -0.2) is 55.2 Å². The largest absolute Gasteiger partial charge is 0.452 e. The van der Waals surface area contributed by atoms with Gasteiger partial charge in [0.25, 0.3) is 11.8 Å².